The number of rotatable bonds is 2. The number of aliphatic hydroxyl groups is 1. The van der Waals surface area contributed by atoms with Crippen molar-refractivity contribution in [3.8, 4) is 0 Å². The Hall–Kier alpha value is -1.61. The number of amides is 1. The van der Waals surface area contributed by atoms with Crippen molar-refractivity contribution in [2.45, 2.75) is 25.5 Å². The van der Waals surface area contributed by atoms with Gasteiger partial charge in [0.25, 0.3) is 0 Å². The van der Waals surface area contributed by atoms with E-state index in [1.54, 1.807) is 11.8 Å². The normalized spacial score (nSPS) is 23.8. The maximum atomic E-state index is 12.0. The summed E-state index contributed by atoms with van der Waals surface area (Å²) in [4.78, 5) is 13.7. The van der Waals surface area contributed by atoms with Crippen LogP contribution < -0.4 is 0 Å². The molecule has 1 aliphatic heterocycles. The Bertz CT molecular complexity index is 427. The van der Waals surface area contributed by atoms with Gasteiger partial charge in [-0.2, -0.15) is 0 Å². The molecule has 3 nitrogen and oxygen atoms in total. The molecule has 0 bridgehead atoms. The van der Waals surface area contributed by atoms with Gasteiger partial charge in [-0.25, -0.2) is 0 Å². The first-order valence-corrected chi connectivity index (χ1v) is 5.79. The van der Waals surface area contributed by atoms with Gasteiger partial charge in [0.05, 0.1) is 12.1 Å². The summed E-state index contributed by atoms with van der Waals surface area (Å²) in [5.41, 5.74) is 1.58. The van der Waals surface area contributed by atoms with Crippen molar-refractivity contribution in [3.05, 3.63) is 48.0 Å². The molecule has 1 N–H and O–H groups in total. The minimum absolute atomic E-state index is 0.0320. The summed E-state index contributed by atoms with van der Waals surface area (Å²) < 4.78 is 0. The second kappa shape index (κ2) is 4.72. The molecule has 0 saturated carbocycles. The van der Waals surface area contributed by atoms with Gasteiger partial charge in [-0.1, -0.05) is 36.9 Å². The van der Waals surface area contributed by atoms with E-state index in [9.17, 15) is 9.90 Å². The van der Waals surface area contributed by atoms with Gasteiger partial charge < -0.3 is 10.0 Å². The standard InChI is InChI=1S/C14H17NO2/c1-10(2)14(17)15-9-12(16)8-13(15)11-6-4-3-5-7-11/h3-7,12-13,16H,1,8-9H2,2H3. The highest BCUT2D eigenvalue weighted by Crippen LogP contribution is 2.32. The Kier molecular flexibility index (Phi) is 3.29. The molecule has 2 unspecified atom stereocenters. The van der Waals surface area contributed by atoms with Crippen LogP contribution in [0.1, 0.15) is 24.9 Å². The predicted molar refractivity (Wildman–Crippen MR) is 66.3 cm³/mol. The third-order valence-electron chi connectivity index (χ3n) is 3.09. The van der Waals surface area contributed by atoms with Crippen LogP contribution in [0.5, 0.6) is 0 Å². The third-order valence-corrected chi connectivity index (χ3v) is 3.09. The van der Waals surface area contributed by atoms with E-state index in [-0.39, 0.29) is 11.9 Å². The van der Waals surface area contributed by atoms with Crippen LogP contribution in [0.15, 0.2) is 42.5 Å². The number of aliphatic hydroxyl groups excluding tert-OH is 1. The number of hydrogen-bond acceptors (Lipinski definition) is 2. The lowest BCUT2D eigenvalue weighted by Gasteiger charge is -2.24. The summed E-state index contributed by atoms with van der Waals surface area (Å²) in [6, 6.07) is 9.78. The Morgan fingerprint density at radius 1 is 1.41 bits per heavy atom. The smallest absolute Gasteiger partial charge is 0.249 e. The summed E-state index contributed by atoms with van der Waals surface area (Å²) >= 11 is 0. The zero-order valence-corrected chi connectivity index (χ0v) is 9.97. The molecule has 0 aliphatic carbocycles. The number of hydrogen-bond donors (Lipinski definition) is 1. The number of likely N-dealkylation sites (tertiary alicyclic amines) is 1. The van der Waals surface area contributed by atoms with Crippen LogP contribution in [-0.2, 0) is 4.79 Å². The molecule has 1 aliphatic rings. The molecule has 0 aromatic heterocycles. The fraction of sp³-hybridized carbons (Fsp3) is 0.357. The maximum absolute atomic E-state index is 12.0. The highest BCUT2D eigenvalue weighted by molar-refractivity contribution is 5.92. The van der Waals surface area contributed by atoms with Crippen molar-refractivity contribution in [1.29, 1.82) is 0 Å². The van der Waals surface area contributed by atoms with Gasteiger partial charge in [0.15, 0.2) is 0 Å². The zero-order valence-electron chi connectivity index (χ0n) is 9.97. The lowest BCUT2D eigenvalue weighted by molar-refractivity contribution is -0.128. The second-order valence-corrected chi connectivity index (χ2v) is 4.55. The van der Waals surface area contributed by atoms with Crippen molar-refractivity contribution < 1.29 is 9.90 Å². The van der Waals surface area contributed by atoms with E-state index < -0.39 is 6.10 Å². The highest BCUT2D eigenvalue weighted by atomic mass is 16.3. The SMILES string of the molecule is C=C(C)C(=O)N1CC(O)CC1c1ccccc1. The quantitative estimate of drug-likeness (QED) is 0.790. The van der Waals surface area contributed by atoms with Crippen LogP contribution >= 0.6 is 0 Å². The summed E-state index contributed by atoms with van der Waals surface area (Å²) in [7, 11) is 0. The first-order chi connectivity index (χ1) is 8.09. The predicted octanol–water partition coefficient (Wildman–Crippen LogP) is 1.90. The summed E-state index contributed by atoms with van der Waals surface area (Å²) in [5.74, 6) is -0.0737. The zero-order chi connectivity index (χ0) is 12.4. The van der Waals surface area contributed by atoms with E-state index in [4.69, 9.17) is 0 Å². The Labute approximate surface area is 101 Å². The van der Waals surface area contributed by atoms with Crippen LogP contribution in [-0.4, -0.2) is 28.6 Å². The number of carbonyl (C=O) groups excluding carboxylic acids is 1. The average molecular weight is 231 g/mol. The third kappa shape index (κ3) is 2.39. The van der Waals surface area contributed by atoms with E-state index in [0.29, 0.717) is 18.5 Å². The largest absolute Gasteiger partial charge is 0.391 e. The molecule has 2 atom stereocenters. The van der Waals surface area contributed by atoms with Crippen LogP contribution in [0.2, 0.25) is 0 Å². The average Bonchev–Trinajstić information content (AvgIpc) is 2.71. The molecular formula is C14H17NO2. The molecule has 17 heavy (non-hydrogen) atoms. The molecule has 0 radical (unpaired) electrons. The summed E-state index contributed by atoms with van der Waals surface area (Å²) in [6.45, 7) is 5.78. The lowest BCUT2D eigenvalue weighted by Crippen LogP contribution is -2.32. The van der Waals surface area contributed by atoms with Gasteiger partial charge in [0.2, 0.25) is 5.91 Å². The Balaban J connectivity index is 2.26. The molecule has 0 spiro atoms. The number of benzene rings is 1. The first-order valence-electron chi connectivity index (χ1n) is 5.79. The van der Waals surface area contributed by atoms with Crippen molar-refractivity contribution >= 4 is 5.91 Å². The second-order valence-electron chi connectivity index (χ2n) is 4.55. The Morgan fingerprint density at radius 2 is 2.06 bits per heavy atom. The Morgan fingerprint density at radius 3 is 2.65 bits per heavy atom. The fourth-order valence-electron chi connectivity index (χ4n) is 2.27. The van der Waals surface area contributed by atoms with Gasteiger partial charge in [-0.15, -0.1) is 0 Å². The van der Waals surface area contributed by atoms with Gasteiger partial charge >= 0.3 is 0 Å². The topological polar surface area (TPSA) is 40.5 Å². The van der Waals surface area contributed by atoms with Gasteiger partial charge in [-0.05, 0) is 18.9 Å². The molecule has 2 rings (SSSR count). The molecule has 1 fully saturated rings. The van der Waals surface area contributed by atoms with Crippen LogP contribution in [0, 0.1) is 0 Å². The van der Waals surface area contributed by atoms with Crippen molar-refractivity contribution in [1.82, 2.24) is 4.90 Å². The van der Waals surface area contributed by atoms with Gasteiger partial charge in [0.1, 0.15) is 0 Å². The number of nitrogens with zero attached hydrogens (tertiary/aromatic N) is 1. The van der Waals surface area contributed by atoms with Crippen molar-refractivity contribution in [2.24, 2.45) is 0 Å². The molecule has 1 amide bonds. The molecule has 1 heterocycles. The van der Waals surface area contributed by atoms with Crippen molar-refractivity contribution in [3.63, 3.8) is 0 Å². The molecule has 3 heteroatoms. The minimum Gasteiger partial charge on any atom is -0.391 e. The maximum Gasteiger partial charge on any atom is 0.249 e. The van der Waals surface area contributed by atoms with Gasteiger partial charge in [-0.3, -0.25) is 4.79 Å². The molecule has 1 aromatic carbocycles. The lowest BCUT2D eigenvalue weighted by atomic mass is 10.0. The van der Waals surface area contributed by atoms with Gasteiger partial charge in [0, 0.05) is 12.1 Å². The first kappa shape index (κ1) is 11.9. The summed E-state index contributed by atoms with van der Waals surface area (Å²) in [5, 5.41) is 9.74. The number of β-amino-alcohol motifs (C(OH)–C–C–N with tert-alkyl or cyclic N) is 1. The minimum atomic E-state index is -0.441. The van der Waals surface area contributed by atoms with E-state index >= 15 is 0 Å². The molecule has 90 valence electrons. The number of carbonyl (C=O) groups is 1. The molecule has 1 saturated heterocycles. The van der Waals surface area contributed by atoms with E-state index in [2.05, 4.69) is 6.58 Å². The molecular weight excluding hydrogens is 214 g/mol. The highest BCUT2D eigenvalue weighted by Gasteiger charge is 2.35. The molecule has 1 aromatic rings. The fourth-order valence-corrected chi connectivity index (χ4v) is 2.27. The summed E-state index contributed by atoms with van der Waals surface area (Å²) in [6.07, 6.45) is 0.159. The van der Waals surface area contributed by atoms with Crippen molar-refractivity contribution in [2.75, 3.05) is 6.54 Å². The van der Waals surface area contributed by atoms with E-state index in [1.807, 2.05) is 30.3 Å². The van der Waals surface area contributed by atoms with E-state index in [1.165, 1.54) is 0 Å². The van der Waals surface area contributed by atoms with Crippen LogP contribution in [0.25, 0.3) is 0 Å². The van der Waals surface area contributed by atoms with E-state index in [0.717, 1.165) is 5.56 Å². The monoisotopic (exact) mass is 231 g/mol. The van der Waals surface area contributed by atoms with Crippen LogP contribution in [0.4, 0.5) is 0 Å². The van der Waals surface area contributed by atoms with Crippen LogP contribution in [0.3, 0.4) is 0 Å².